The molecule has 0 aromatic heterocycles. The lowest BCUT2D eigenvalue weighted by Gasteiger charge is -2.32. The molecule has 0 spiro atoms. The van der Waals surface area contributed by atoms with Gasteiger partial charge in [0.25, 0.3) is 0 Å². The SMILES string of the molecule is CN(CC(=O)N(Cc1ccc(Cl)cc1)[C@@H](Cc1ccccc1)C(=O)NCc1ccccc1Cl)S(C)(=O)=O. The number of benzene rings is 3. The van der Waals surface area contributed by atoms with E-state index in [1.807, 2.05) is 42.5 Å². The predicted octanol–water partition coefficient (Wildman–Crippen LogP) is 4.14. The van der Waals surface area contributed by atoms with Gasteiger partial charge in [-0.3, -0.25) is 9.59 Å². The summed E-state index contributed by atoms with van der Waals surface area (Å²) in [6.07, 6.45) is 1.26. The summed E-state index contributed by atoms with van der Waals surface area (Å²) in [6, 6.07) is 22.5. The van der Waals surface area contributed by atoms with Crippen LogP contribution >= 0.6 is 23.2 Å². The van der Waals surface area contributed by atoms with Gasteiger partial charge in [-0.25, -0.2) is 8.42 Å². The molecule has 1 atom stereocenters. The van der Waals surface area contributed by atoms with Crippen LogP contribution in [-0.2, 0) is 39.1 Å². The molecule has 3 aromatic rings. The van der Waals surface area contributed by atoms with Gasteiger partial charge < -0.3 is 10.2 Å². The van der Waals surface area contributed by atoms with Gasteiger partial charge in [-0.15, -0.1) is 0 Å². The van der Waals surface area contributed by atoms with Gasteiger partial charge in [-0.2, -0.15) is 4.31 Å². The highest BCUT2D eigenvalue weighted by Crippen LogP contribution is 2.19. The summed E-state index contributed by atoms with van der Waals surface area (Å²) in [4.78, 5) is 28.5. The molecule has 10 heteroatoms. The van der Waals surface area contributed by atoms with Crippen LogP contribution in [0.2, 0.25) is 10.0 Å². The zero-order chi connectivity index (χ0) is 27.0. The molecule has 0 aliphatic carbocycles. The van der Waals surface area contributed by atoms with Crippen molar-refractivity contribution in [1.29, 1.82) is 0 Å². The standard InChI is InChI=1S/C27H29Cl2N3O4S/c1-31(37(2,35)36)19-26(33)32(18-21-12-14-23(28)15-13-21)25(16-20-8-4-3-5-9-20)27(34)30-17-22-10-6-7-11-24(22)29/h3-15,25H,16-19H2,1-2H3,(H,30,34)/t25-/m0/s1. The van der Waals surface area contributed by atoms with Crippen LogP contribution in [-0.4, -0.2) is 55.3 Å². The molecule has 0 fully saturated rings. The minimum absolute atomic E-state index is 0.0879. The monoisotopic (exact) mass is 561 g/mol. The maximum atomic E-state index is 13.6. The van der Waals surface area contributed by atoms with Crippen LogP contribution in [0.5, 0.6) is 0 Å². The van der Waals surface area contributed by atoms with Crippen molar-refractivity contribution in [3.05, 3.63) is 106 Å². The van der Waals surface area contributed by atoms with Crippen LogP contribution in [0.4, 0.5) is 0 Å². The third kappa shape index (κ3) is 8.57. The van der Waals surface area contributed by atoms with Gasteiger partial charge in [-0.1, -0.05) is 83.9 Å². The number of rotatable bonds is 11. The van der Waals surface area contributed by atoms with Crippen molar-refractivity contribution in [2.75, 3.05) is 19.8 Å². The molecule has 37 heavy (non-hydrogen) atoms. The Balaban J connectivity index is 1.95. The highest BCUT2D eigenvalue weighted by molar-refractivity contribution is 7.88. The summed E-state index contributed by atoms with van der Waals surface area (Å²) < 4.78 is 25.0. The fourth-order valence-electron chi connectivity index (χ4n) is 3.68. The Hall–Kier alpha value is -2.91. The second-order valence-corrected chi connectivity index (χ2v) is 11.6. The second kappa shape index (κ2) is 13.1. The molecule has 0 heterocycles. The molecule has 2 amide bonds. The second-order valence-electron chi connectivity index (χ2n) is 8.68. The van der Waals surface area contributed by atoms with E-state index in [9.17, 15) is 18.0 Å². The Kier molecular flexibility index (Phi) is 10.1. The lowest BCUT2D eigenvalue weighted by molar-refractivity contribution is -0.141. The fourth-order valence-corrected chi connectivity index (χ4v) is 4.35. The molecule has 0 saturated heterocycles. The topological polar surface area (TPSA) is 86.8 Å². The minimum atomic E-state index is -3.61. The molecule has 0 unspecified atom stereocenters. The van der Waals surface area contributed by atoms with Gasteiger partial charge in [0.05, 0.1) is 12.8 Å². The summed E-state index contributed by atoms with van der Waals surface area (Å²) in [5, 5.41) is 3.96. The van der Waals surface area contributed by atoms with Crippen LogP contribution in [0.1, 0.15) is 16.7 Å². The maximum Gasteiger partial charge on any atom is 0.243 e. The van der Waals surface area contributed by atoms with Crippen molar-refractivity contribution >= 4 is 45.0 Å². The highest BCUT2D eigenvalue weighted by Gasteiger charge is 2.32. The summed E-state index contributed by atoms with van der Waals surface area (Å²) in [5.74, 6) is -0.884. The molecule has 0 aliphatic heterocycles. The van der Waals surface area contributed by atoms with E-state index in [-0.39, 0.29) is 25.4 Å². The quantitative estimate of drug-likeness (QED) is 0.381. The lowest BCUT2D eigenvalue weighted by Crippen LogP contribution is -2.52. The van der Waals surface area contributed by atoms with E-state index in [1.54, 1.807) is 36.4 Å². The van der Waals surface area contributed by atoms with E-state index < -0.39 is 28.5 Å². The average Bonchev–Trinajstić information content (AvgIpc) is 2.86. The third-order valence-electron chi connectivity index (χ3n) is 5.87. The van der Waals surface area contributed by atoms with Crippen LogP contribution in [0.3, 0.4) is 0 Å². The Labute approximate surface area is 228 Å². The number of carbonyl (C=O) groups excluding carboxylic acids is 2. The molecule has 0 bridgehead atoms. The third-order valence-corrected chi connectivity index (χ3v) is 7.75. The van der Waals surface area contributed by atoms with Gasteiger partial charge in [0.15, 0.2) is 0 Å². The number of nitrogens with one attached hydrogen (secondary N) is 1. The summed E-state index contributed by atoms with van der Waals surface area (Å²) >= 11 is 12.3. The number of sulfonamides is 1. The predicted molar refractivity (Wildman–Crippen MR) is 147 cm³/mol. The number of halogens is 2. The van der Waals surface area contributed by atoms with Gasteiger partial charge in [0, 0.05) is 36.6 Å². The largest absolute Gasteiger partial charge is 0.350 e. The first-order valence-corrected chi connectivity index (χ1v) is 14.2. The van der Waals surface area contributed by atoms with Crippen LogP contribution in [0.15, 0.2) is 78.9 Å². The van der Waals surface area contributed by atoms with Crippen molar-refractivity contribution in [1.82, 2.24) is 14.5 Å². The van der Waals surface area contributed by atoms with E-state index in [1.165, 1.54) is 11.9 Å². The van der Waals surface area contributed by atoms with Gasteiger partial charge in [-0.05, 0) is 34.9 Å². The van der Waals surface area contributed by atoms with Gasteiger partial charge in [0.1, 0.15) is 6.04 Å². The lowest BCUT2D eigenvalue weighted by atomic mass is 10.0. The molecule has 0 aliphatic rings. The van der Waals surface area contributed by atoms with E-state index in [0.29, 0.717) is 10.0 Å². The normalized spacial score (nSPS) is 12.2. The first-order chi connectivity index (χ1) is 17.5. The van der Waals surface area contributed by atoms with E-state index >= 15 is 0 Å². The molecule has 0 radical (unpaired) electrons. The number of hydrogen-bond donors (Lipinski definition) is 1. The summed E-state index contributed by atoms with van der Waals surface area (Å²) in [6.45, 7) is -0.143. The molecule has 3 rings (SSSR count). The number of likely N-dealkylation sites (N-methyl/N-ethyl adjacent to an activating group) is 1. The van der Waals surface area contributed by atoms with E-state index in [4.69, 9.17) is 23.2 Å². The number of nitrogens with zero attached hydrogens (tertiary/aromatic N) is 2. The van der Waals surface area contributed by atoms with Gasteiger partial charge in [0.2, 0.25) is 21.8 Å². The first kappa shape index (κ1) is 28.7. The number of amides is 2. The number of hydrogen-bond acceptors (Lipinski definition) is 4. The van der Waals surface area contributed by atoms with Crippen molar-refractivity contribution in [2.24, 2.45) is 0 Å². The van der Waals surface area contributed by atoms with Crippen molar-refractivity contribution in [3.8, 4) is 0 Å². The molecule has 0 saturated carbocycles. The molecule has 196 valence electrons. The first-order valence-electron chi connectivity index (χ1n) is 11.5. The van der Waals surface area contributed by atoms with Crippen molar-refractivity contribution in [2.45, 2.75) is 25.6 Å². The highest BCUT2D eigenvalue weighted by atomic mass is 35.5. The Morgan fingerprint density at radius 3 is 2.14 bits per heavy atom. The van der Waals surface area contributed by atoms with Crippen molar-refractivity contribution in [3.63, 3.8) is 0 Å². The Bertz CT molecular complexity index is 1320. The van der Waals surface area contributed by atoms with Crippen LogP contribution in [0, 0.1) is 0 Å². The maximum absolute atomic E-state index is 13.6. The molecular weight excluding hydrogens is 533 g/mol. The minimum Gasteiger partial charge on any atom is -0.350 e. The summed E-state index contributed by atoms with van der Waals surface area (Å²) in [5.41, 5.74) is 2.34. The molecule has 1 N–H and O–H groups in total. The molecular formula is C27H29Cl2N3O4S. The Morgan fingerprint density at radius 1 is 0.892 bits per heavy atom. The fraction of sp³-hybridized carbons (Fsp3) is 0.259. The average molecular weight is 563 g/mol. The zero-order valence-corrected chi connectivity index (χ0v) is 22.9. The van der Waals surface area contributed by atoms with Gasteiger partial charge >= 0.3 is 0 Å². The van der Waals surface area contributed by atoms with Crippen molar-refractivity contribution < 1.29 is 18.0 Å². The molecule has 3 aromatic carbocycles. The van der Waals surface area contributed by atoms with Crippen LogP contribution < -0.4 is 5.32 Å². The zero-order valence-electron chi connectivity index (χ0n) is 20.6. The van der Waals surface area contributed by atoms with E-state index in [0.717, 1.165) is 27.3 Å². The summed E-state index contributed by atoms with van der Waals surface area (Å²) in [7, 11) is -2.28. The number of carbonyl (C=O) groups is 2. The molecule has 7 nitrogen and oxygen atoms in total. The van der Waals surface area contributed by atoms with E-state index in [2.05, 4.69) is 5.32 Å². The smallest absolute Gasteiger partial charge is 0.243 e. The van der Waals surface area contributed by atoms with Crippen LogP contribution in [0.25, 0.3) is 0 Å². The Morgan fingerprint density at radius 2 is 1.51 bits per heavy atom.